The zero-order valence-electron chi connectivity index (χ0n) is 11.8. The molecule has 0 fully saturated rings. The first-order chi connectivity index (χ1) is 8.92. The smallest absolute Gasteiger partial charge is 0.251 e. The van der Waals surface area contributed by atoms with Crippen LogP contribution in [0, 0.1) is 5.92 Å². The summed E-state index contributed by atoms with van der Waals surface area (Å²) in [5.41, 5.74) is 5.85. The summed E-state index contributed by atoms with van der Waals surface area (Å²) >= 11 is 0. The lowest BCUT2D eigenvalue weighted by molar-refractivity contribution is -0.122. The number of nitrogens with zero attached hydrogens (tertiary/aromatic N) is 1. The Labute approximate surface area is 113 Å². The summed E-state index contributed by atoms with van der Waals surface area (Å²) in [6.45, 7) is 6.28. The lowest BCUT2D eigenvalue weighted by Gasteiger charge is -2.17. The van der Waals surface area contributed by atoms with Crippen molar-refractivity contribution < 1.29 is 4.79 Å². The van der Waals surface area contributed by atoms with Crippen molar-refractivity contribution in [2.75, 3.05) is 5.73 Å². The van der Waals surface area contributed by atoms with Crippen LogP contribution < -0.4 is 16.6 Å². The predicted molar refractivity (Wildman–Crippen MR) is 76.8 cm³/mol. The van der Waals surface area contributed by atoms with Gasteiger partial charge in [0.1, 0.15) is 6.54 Å². The monoisotopic (exact) mass is 265 g/mol. The second-order valence-electron chi connectivity index (χ2n) is 5.15. The van der Waals surface area contributed by atoms with E-state index < -0.39 is 0 Å². The normalized spacial score (nSPS) is 13.8. The number of nitrogen functional groups attached to an aromatic ring is 1. The fourth-order valence-corrected chi connectivity index (χ4v) is 1.98. The van der Waals surface area contributed by atoms with Gasteiger partial charge in [0.25, 0.3) is 5.56 Å². The number of aromatic nitrogens is 1. The van der Waals surface area contributed by atoms with Crippen molar-refractivity contribution in [3.63, 3.8) is 0 Å². The van der Waals surface area contributed by atoms with E-state index in [1.54, 1.807) is 0 Å². The summed E-state index contributed by atoms with van der Waals surface area (Å²) in [7, 11) is 0. The van der Waals surface area contributed by atoms with Crippen LogP contribution >= 0.6 is 0 Å². The highest BCUT2D eigenvalue weighted by atomic mass is 16.2. The fraction of sp³-hybridized carbons (Fsp3) is 0.571. The van der Waals surface area contributed by atoms with Crippen LogP contribution in [-0.4, -0.2) is 16.5 Å². The molecule has 0 radical (unpaired) electrons. The van der Waals surface area contributed by atoms with Crippen LogP contribution in [-0.2, 0) is 11.3 Å². The van der Waals surface area contributed by atoms with E-state index in [4.69, 9.17) is 5.73 Å². The summed E-state index contributed by atoms with van der Waals surface area (Å²) in [4.78, 5) is 23.4. The Morgan fingerprint density at radius 3 is 2.74 bits per heavy atom. The van der Waals surface area contributed by atoms with Gasteiger partial charge in [0.15, 0.2) is 0 Å². The van der Waals surface area contributed by atoms with Crippen molar-refractivity contribution in [1.29, 1.82) is 0 Å². The Hall–Kier alpha value is -1.78. The van der Waals surface area contributed by atoms with Crippen LogP contribution in [0.5, 0.6) is 0 Å². The third kappa shape index (κ3) is 5.16. The molecule has 5 heteroatoms. The molecule has 1 aromatic rings. The molecule has 1 aromatic heterocycles. The van der Waals surface area contributed by atoms with E-state index in [0.29, 0.717) is 11.6 Å². The van der Waals surface area contributed by atoms with Crippen molar-refractivity contribution in [3.8, 4) is 0 Å². The van der Waals surface area contributed by atoms with Gasteiger partial charge in [0, 0.05) is 24.0 Å². The average Bonchev–Trinajstić information content (AvgIpc) is 2.33. The lowest BCUT2D eigenvalue weighted by Crippen LogP contribution is -2.38. The van der Waals surface area contributed by atoms with Crippen LogP contribution in [0.4, 0.5) is 5.69 Å². The number of nitrogens with one attached hydrogen (secondary N) is 1. The molecule has 1 heterocycles. The molecule has 2 atom stereocenters. The maximum atomic E-state index is 11.8. The van der Waals surface area contributed by atoms with Gasteiger partial charge in [-0.25, -0.2) is 0 Å². The SMILES string of the molecule is CCC(C)CC(C)NC(=O)Cn1cc(N)ccc1=O. The molecule has 0 aliphatic heterocycles. The molecular weight excluding hydrogens is 242 g/mol. The topological polar surface area (TPSA) is 77.1 Å². The highest BCUT2D eigenvalue weighted by molar-refractivity contribution is 5.76. The number of carbonyl (C=O) groups excluding carboxylic acids is 1. The summed E-state index contributed by atoms with van der Waals surface area (Å²) < 4.78 is 1.32. The van der Waals surface area contributed by atoms with Crippen molar-refractivity contribution in [2.45, 2.75) is 46.2 Å². The number of nitrogens with two attached hydrogens (primary N) is 1. The van der Waals surface area contributed by atoms with Crippen molar-refractivity contribution in [2.24, 2.45) is 5.92 Å². The Balaban J connectivity index is 2.55. The summed E-state index contributed by atoms with van der Waals surface area (Å²) in [5.74, 6) is 0.411. The van der Waals surface area contributed by atoms with E-state index in [1.165, 1.54) is 22.9 Å². The minimum atomic E-state index is -0.223. The minimum absolute atomic E-state index is 0.00865. The van der Waals surface area contributed by atoms with E-state index in [9.17, 15) is 9.59 Å². The molecule has 0 spiro atoms. The van der Waals surface area contributed by atoms with Gasteiger partial charge in [-0.2, -0.15) is 0 Å². The number of pyridine rings is 1. The molecule has 5 nitrogen and oxygen atoms in total. The standard InChI is InChI=1S/C14H23N3O2/c1-4-10(2)7-11(3)16-13(18)9-17-8-12(15)5-6-14(17)19/h5-6,8,10-11H,4,7,9,15H2,1-3H3,(H,16,18). The molecule has 106 valence electrons. The van der Waals surface area contributed by atoms with Crippen LogP contribution in [0.2, 0.25) is 0 Å². The number of hydrogen-bond donors (Lipinski definition) is 2. The van der Waals surface area contributed by atoms with Crippen molar-refractivity contribution in [1.82, 2.24) is 9.88 Å². The second kappa shape index (κ2) is 6.97. The third-order valence-corrected chi connectivity index (χ3v) is 3.18. The van der Waals surface area contributed by atoms with Crippen LogP contribution in [0.25, 0.3) is 0 Å². The molecule has 0 bridgehead atoms. The van der Waals surface area contributed by atoms with Gasteiger partial charge < -0.3 is 15.6 Å². The Morgan fingerprint density at radius 1 is 1.42 bits per heavy atom. The van der Waals surface area contributed by atoms with Gasteiger partial charge in [-0.05, 0) is 25.3 Å². The molecule has 1 rings (SSSR count). The molecule has 0 saturated heterocycles. The average molecular weight is 265 g/mol. The Bertz CT molecular complexity index is 482. The highest BCUT2D eigenvalue weighted by Gasteiger charge is 2.11. The van der Waals surface area contributed by atoms with Crippen molar-refractivity contribution in [3.05, 3.63) is 28.7 Å². The summed E-state index contributed by atoms with van der Waals surface area (Å²) in [6, 6.07) is 3.01. The van der Waals surface area contributed by atoms with Gasteiger partial charge >= 0.3 is 0 Å². The molecule has 3 N–H and O–H groups in total. The van der Waals surface area contributed by atoms with Crippen LogP contribution in [0.15, 0.2) is 23.1 Å². The minimum Gasteiger partial charge on any atom is -0.398 e. The van der Waals surface area contributed by atoms with Gasteiger partial charge in [-0.1, -0.05) is 20.3 Å². The van der Waals surface area contributed by atoms with Crippen LogP contribution in [0.3, 0.4) is 0 Å². The number of hydrogen-bond acceptors (Lipinski definition) is 3. The molecule has 0 aliphatic rings. The molecule has 0 aromatic carbocycles. The molecule has 1 amide bonds. The lowest BCUT2D eigenvalue weighted by atomic mass is 10.0. The maximum Gasteiger partial charge on any atom is 0.251 e. The van der Waals surface area contributed by atoms with E-state index in [2.05, 4.69) is 19.2 Å². The summed E-state index contributed by atoms with van der Waals surface area (Å²) in [6.07, 6.45) is 3.52. The number of carbonyl (C=O) groups is 1. The van der Waals surface area contributed by atoms with Gasteiger partial charge in [0.2, 0.25) is 5.91 Å². The number of anilines is 1. The third-order valence-electron chi connectivity index (χ3n) is 3.18. The van der Waals surface area contributed by atoms with E-state index in [0.717, 1.165) is 12.8 Å². The predicted octanol–water partition coefficient (Wildman–Crippen LogP) is 1.37. The molecule has 0 saturated carbocycles. The Morgan fingerprint density at radius 2 is 2.11 bits per heavy atom. The first-order valence-corrected chi connectivity index (χ1v) is 6.67. The highest BCUT2D eigenvalue weighted by Crippen LogP contribution is 2.09. The Kier molecular flexibility index (Phi) is 5.60. The van der Waals surface area contributed by atoms with E-state index >= 15 is 0 Å². The zero-order valence-corrected chi connectivity index (χ0v) is 11.8. The van der Waals surface area contributed by atoms with Crippen molar-refractivity contribution >= 4 is 11.6 Å². The number of rotatable bonds is 6. The zero-order chi connectivity index (χ0) is 14.4. The quantitative estimate of drug-likeness (QED) is 0.815. The van der Waals surface area contributed by atoms with Crippen LogP contribution in [0.1, 0.15) is 33.6 Å². The van der Waals surface area contributed by atoms with E-state index in [-0.39, 0.29) is 24.1 Å². The molecule has 0 aliphatic carbocycles. The van der Waals surface area contributed by atoms with Gasteiger partial charge in [0.05, 0.1) is 0 Å². The van der Waals surface area contributed by atoms with Gasteiger partial charge in [-0.15, -0.1) is 0 Å². The fourth-order valence-electron chi connectivity index (χ4n) is 1.98. The summed E-state index contributed by atoms with van der Waals surface area (Å²) in [5, 5.41) is 2.90. The largest absolute Gasteiger partial charge is 0.398 e. The molecule has 2 unspecified atom stereocenters. The van der Waals surface area contributed by atoms with Gasteiger partial charge in [-0.3, -0.25) is 9.59 Å². The number of amides is 1. The first kappa shape index (κ1) is 15.3. The second-order valence-corrected chi connectivity index (χ2v) is 5.15. The van der Waals surface area contributed by atoms with E-state index in [1.807, 2.05) is 6.92 Å². The molecule has 19 heavy (non-hydrogen) atoms. The maximum absolute atomic E-state index is 11.8. The molecular formula is C14H23N3O2. The first-order valence-electron chi connectivity index (χ1n) is 6.67.